The first kappa shape index (κ1) is 20.5. The molecule has 0 saturated carbocycles. The molecule has 144 valence electrons. The fourth-order valence-corrected chi connectivity index (χ4v) is 2.62. The molecule has 2 rings (SSSR count). The van der Waals surface area contributed by atoms with Crippen LogP contribution < -0.4 is 10.1 Å². The van der Waals surface area contributed by atoms with Crippen molar-refractivity contribution in [1.82, 2.24) is 0 Å². The minimum Gasteiger partial charge on any atom is -0.496 e. The number of para-hydroxylation sites is 1. The van der Waals surface area contributed by atoms with Gasteiger partial charge in [0.15, 0.2) is 6.61 Å². The Bertz CT molecular complexity index is 776. The Hall–Kier alpha value is -2.82. The number of nitrogens with one attached hydrogen (secondary N) is 1. The predicted molar refractivity (Wildman–Crippen MR) is 106 cm³/mol. The third kappa shape index (κ3) is 6.44. The van der Waals surface area contributed by atoms with Crippen molar-refractivity contribution < 1.29 is 19.1 Å². The number of amides is 1. The number of esters is 1. The van der Waals surface area contributed by atoms with Gasteiger partial charge in [-0.3, -0.25) is 9.59 Å². The fourth-order valence-electron chi connectivity index (χ4n) is 2.62. The lowest BCUT2D eigenvalue weighted by atomic mass is 9.87. The summed E-state index contributed by atoms with van der Waals surface area (Å²) < 4.78 is 10.3. The maximum Gasteiger partial charge on any atom is 0.306 e. The number of hydrogen-bond acceptors (Lipinski definition) is 4. The first-order valence-corrected chi connectivity index (χ1v) is 8.97. The van der Waals surface area contributed by atoms with Gasteiger partial charge in [-0.1, -0.05) is 51.1 Å². The first-order chi connectivity index (χ1) is 12.8. The lowest BCUT2D eigenvalue weighted by Crippen LogP contribution is -2.21. The number of aryl methyl sites for hydroxylation is 1. The van der Waals surface area contributed by atoms with E-state index in [9.17, 15) is 9.59 Å². The summed E-state index contributed by atoms with van der Waals surface area (Å²) >= 11 is 0. The lowest BCUT2D eigenvalue weighted by molar-refractivity contribution is -0.147. The molecule has 2 aromatic carbocycles. The Labute approximate surface area is 160 Å². The van der Waals surface area contributed by atoms with E-state index in [2.05, 4.69) is 26.1 Å². The average molecular weight is 369 g/mol. The quantitative estimate of drug-likeness (QED) is 0.746. The Balaban J connectivity index is 1.77. The molecule has 2 aromatic rings. The molecule has 0 aliphatic heterocycles. The topological polar surface area (TPSA) is 64.6 Å². The molecule has 1 N–H and O–H groups in total. The van der Waals surface area contributed by atoms with Crippen LogP contribution in [0.2, 0.25) is 0 Å². The number of hydrogen-bond donors (Lipinski definition) is 1. The van der Waals surface area contributed by atoms with Crippen molar-refractivity contribution in [3.05, 3.63) is 59.7 Å². The molecule has 0 fully saturated rings. The molecule has 0 aromatic heterocycles. The van der Waals surface area contributed by atoms with E-state index in [-0.39, 0.29) is 24.3 Å². The van der Waals surface area contributed by atoms with Gasteiger partial charge >= 0.3 is 5.97 Å². The van der Waals surface area contributed by atoms with E-state index >= 15 is 0 Å². The van der Waals surface area contributed by atoms with Gasteiger partial charge in [-0.25, -0.2) is 0 Å². The molecule has 0 heterocycles. The zero-order valence-corrected chi connectivity index (χ0v) is 16.4. The summed E-state index contributed by atoms with van der Waals surface area (Å²) in [6.07, 6.45) is 0.687. The van der Waals surface area contributed by atoms with Gasteiger partial charge < -0.3 is 14.8 Å². The van der Waals surface area contributed by atoms with Crippen molar-refractivity contribution in [2.75, 3.05) is 19.0 Å². The minimum absolute atomic E-state index is 0.0551. The molecule has 0 aliphatic carbocycles. The first-order valence-electron chi connectivity index (χ1n) is 8.97. The number of anilines is 1. The maximum atomic E-state index is 12.0. The van der Waals surface area contributed by atoms with Crippen LogP contribution >= 0.6 is 0 Å². The van der Waals surface area contributed by atoms with Crippen LogP contribution in [-0.2, 0) is 26.2 Å². The molecule has 0 bridgehead atoms. The molecule has 0 aliphatic rings. The zero-order chi connectivity index (χ0) is 19.9. The van der Waals surface area contributed by atoms with E-state index in [4.69, 9.17) is 9.47 Å². The van der Waals surface area contributed by atoms with E-state index in [1.165, 1.54) is 5.56 Å². The predicted octanol–water partition coefficient (Wildman–Crippen LogP) is 4.11. The number of rotatable bonds is 7. The normalized spacial score (nSPS) is 11.0. The van der Waals surface area contributed by atoms with Crippen molar-refractivity contribution in [2.24, 2.45) is 0 Å². The van der Waals surface area contributed by atoms with E-state index in [1.807, 2.05) is 48.5 Å². The standard InChI is InChI=1S/C22H27NO4/c1-22(2,3)17-10-12-18(13-11-17)23-20(24)15-27-21(25)14-9-16-7-5-6-8-19(16)26-4/h5-8,10-13H,9,14-15H2,1-4H3,(H,23,24). The minimum atomic E-state index is -0.417. The molecule has 0 spiro atoms. The Morgan fingerprint density at radius 2 is 1.67 bits per heavy atom. The average Bonchev–Trinajstić information content (AvgIpc) is 2.64. The van der Waals surface area contributed by atoms with Crippen LogP contribution in [0.3, 0.4) is 0 Å². The van der Waals surface area contributed by atoms with Crippen molar-refractivity contribution in [1.29, 1.82) is 0 Å². The largest absolute Gasteiger partial charge is 0.496 e. The molecule has 5 nitrogen and oxygen atoms in total. The van der Waals surface area contributed by atoms with Crippen LogP contribution in [0.25, 0.3) is 0 Å². The van der Waals surface area contributed by atoms with Gasteiger partial charge in [0.2, 0.25) is 0 Å². The number of carbonyl (C=O) groups is 2. The van der Waals surface area contributed by atoms with Gasteiger partial charge in [0.05, 0.1) is 7.11 Å². The number of ether oxygens (including phenoxy) is 2. The third-order valence-electron chi connectivity index (χ3n) is 4.19. The molecule has 0 unspecified atom stereocenters. The summed E-state index contributed by atoms with van der Waals surface area (Å²) in [5.41, 5.74) is 2.85. The van der Waals surface area contributed by atoms with Gasteiger partial charge in [-0.05, 0) is 41.2 Å². The van der Waals surface area contributed by atoms with Gasteiger partial charge in [-0.15, -0.1) is 0 Å². The van der Waals surface area contributed by atoms with E-state index in [0.717, 1.165) is 11.3 Å². The number of benzene rings is 2. The summed E-state index contributed by atoms with van der Waals surface area (Å²) in [7, 11) is 1.59. The molecule has 1 amide bonds. The second kappa shape index (κ2) is 9.21. The van der Waals surface area contributed by atoms with Crippen molar-refractivity contribution >= 4 is 17.6 Å². The van der Waals surface area contributed by atoms with Crippen LogP contribution in [-0.4, -0.2) is 25.6 Å². The molecule has 0 saturated heterocycles. The highest BCUT2D eigenvalue weighted by Crippen LogP contribution is 2.23. The molecular weight excluding hydrogens is 342 g/mol. The van der Waals surface area contributed by atoms with E-state index in [1.54, 1.807) is 7.11 Å². The summed E-state index contributed by atoms with van der Waals surface area (Å²) in [5, 5.41) is 2.73. The highest BCUT2D eigenvalue weighted by Gasteiger charge is 2.14. The van der Waals surface area contributed by atoms with Crippen LogP contribution in [0, 0.1) is 0 Å². The smallest absolute Gasteiger partial charge is 0.306 e. The number of methoxy groups -OCH3 is 1. The summed E-state index contributed by atoms with van der Waals surface area (Å²) in [6, 6.07) is 15.2. The van der Waals surface area contributed by atoms with E-state index < -0.39 is 5.97 Å². The Morgan fingerprint density at radius 1 is 1.00 bits per heavy atom. The van der Waals surface area contributed by atoms with Crippen LogP contribution in [0.4, 0.5) is 5.69 Å². The molecule has 27 heavy (non-hydrogen) atoms. The van der Waals surface area contributed by atoms with Gasteiger partial charge in [0.1, 0.15) is 5.75 Å². The summed E-state index contributed by atoms with van der Waals surface area (Å²) in [4.78, 5) is 23.8. The molecule has 0 radical (unpaired) electrons. The molecular formula is C22H27NO4. The zero-order valence-electron chi connectivity index (χ0n) is 16.4. The summed E-state index contributed by atoms with van der Waals surface area (Å²) in [6.45, 7) is 6.09. The highest BCUT2D eigenvalue weighted by atomic mass is 16.5. The monoisotopic (exact) mass is 369 g/mol. The second-order valence-corrected chi connectivity index (χ2v) is 7.35. The maximum absolute atomic E-state index is 12.0. The van der Waals surface area contributed by atoms with Crippen molar-refractivity contribution in [3.8, 4) is 5.75 Å². The molecule has 0 atom stereocenters. The highest BCUT2D eigenvalue weighted by molar-refractivity contribution is 5.92. The Morgan fingerprint density at radius 3 is 2.30 bits per heavy atom. The van der Waals surface area contributed by atoms with Gasteiger partial charge in [0, 0.05) is 12.1 Å². The summed E-state index contributed by atoms with van der Waals surface area (Å²) in [5.74, 6) is -0.0370. The second-order valence-electron chi connectivity index (χ2n) is 7.35. The van der Waals surface area contributed by atoms with Gasteiger partial charge in [-0.2, -0.15) is 0 Å². The fraction of sp³-hybridized carbons (Fsp3) is 0.364. The Kier molecular flexibility index (Phi) is 6.99. The van der Waals surface area contributed by atoms with Crippen molar-refractivity contribution in [3.63, 3.8) is 0 Å². The SMILES string of the molecule is COc1ccccc1CCC(=O)OCC(=O)Nc1ccc(C(C)(C)C)cc1. The van der Waals surface area contributed by atoms with Gasteiger partial charge in [0.25, 0.3) is 5.91 Å². The van der Waals surface area contributed by atoms with Crippen molar-refractivity contribution in [2.45, 2.75) is 39.0 Å². The number of carbonyl (C=O) groups excluding carboxylic acids is 2. The third-order valence-corrected chi connectivity index (χ3v) is 4.19. The van der Waals surface area contributed by atoms with E-state index in [0.29, 0.717) is 12.1 Å². The van der Waals surface area contributed by atoms with Crippen LogP contribution in [0.5, 0.6) is 5.75 Å². The van der Waals surface area contributed by atoms with Crippen LogP contribution in [0.1, 0.15) is 38.3 Å². The lowest BCUT2D eigenvalue weighted by Gasteiger charge is -2.19. The molecule has 5 heteroatoms. The van der Waals surface area contributed by atoms with Crippen LogP contribution in [0.15, 0.2) is 48.5 Å².